The number of nitrogens with one attached hydrogen (secondary N) is 1. The van der Waals surface area contributed by atoms with E-state index in [1.54, 1.807) is 4.31 Å². The Morgan fingerprint density at radius 2 is 1.71 bits per heavy atom. The number of hydrogen-bond donors (Lipinski definition) is 1. The molecule has 0 bridgehead atoms. The molecule has 1 saturated carbocycles. The van der Waals surface area contributed by atoms with E-state index < -0.39 is 10.0 Å². The summed E-state index contributed by atoms with van der Waals surface area (Å²) in [5.74, 6) is 1.50. The minimum Gasteiger partial charge on any atom is -0.319 e. The van der Waals surface area contributed by atoms with E-state index in [4.69, 9.17) is 0 Å². The van der Waals surface area contributed by atoms with Crippen LogP contribution in [0.5, 0.6) is 0 Å². The molecular weight excluding hydrogens is 260 g/mol. The van der Waals surface area contributed by atoms with Gasteiger partial charge in [-0.2, -0.15) is 0 Å². The lowest BCUT2D eigenvalue weighted by atomic mass is 9.98. The van der Waals surface area contributed by atoms with Crippen LogP contribution in [0.25, 0.3) is 0 Å². The van der Waals surface area contributed by atoms with Gasteiger partial charge in [0.05, 0.1) is 5.75 Å². The molecule has 4 nitrogen and oxygen atoms in total. The summed E-state index contributed by atoms with van der Waals surface area (Å²) in [7, 11) is -0.991. The van der Waals surface area contributed by atoms with E-state index in [1.165, 1.54) is 0 Å². The van der Waals surface area contributed by atoms with Gasteiger partial charge in [-0.1, -0.05) is 0 Å². The molecule has 102 valence electrons. The predicted octanol–water partition coefficient (Wildman–Crippen LogP) is 1.08. The standard InChI is InChI=1S/C11H22N2O2S.ClH/c1-12-8-10-4-6-13(7-5-10)16(14,15)9-11-2-3-11;/h10-12H,2-9H2,1H3;1H. The Morgan fingerprint density at radius 1 is 1.12 bits per heavy atom. The van der Waals surface area contributed by atoms with Crippen molar-refractivity contribution in [1.82, 2.24) is 9.62 Å². The number of sulfonamides is 1. The van der Waals surface area contributed by atoms with Crippen molar-refractivity contribution >= 4 is 22.4 Å². The Bertz CT molecular complexity index is 322. The molecule has 2 aliphatic rings. The second-order valence-corrected chi connectivity index (χ2v) is 7.14. The highest BCUT2D eigenvalue weighted by Crippen LogP contribution is 2.32. The van der Waals surface area contributed by atoms with Crippen LogP contribution < -0.4 is 5.32 Å². The van der Waals surface area contributed by atoms with Gasteiger partial charge in [0.25, 0.3) is 0 Å². The zero-order valence-electron chi connectivity index (χ0n) is 10.4. The summed E-state index contributed by atoms with van der Waals surface area (Å²) in [6, 6.07) is 0. The highest BCUT2D eigenvalue weighted by Gasteiger charge is 2.33. The molecule has 1 N–H and O–H groups in total. The van der Waals surface area contributed by atoms with Crippen LogP contribution in [-0.2, 0) is 10.0 Å². The lowest BCUT2D eigenvalue weighted by Gasteiger charge is -2.31. The molecule has 0 aromatic carbocycles. The Kier molecular flexibility index (Phi) is 5.70. The van der Waals surface area contributed by atoms with E-state index in [2.05, 4.69) is 5.32 Å². The third-order valence-electron chi connectivity index (χ3n) is 3.60. The second kappa shape index (κ2) is 6.36. The van der Waals surface area contributed by atoms with Crippen LogP contribution in [0.4, 0.5) is 0 Å². The SMILES string of the molecule is CNCC1CCN(S(=O)(=O)CC2CC2)CC1.Cl. The van der Waals surface area contributed by atoms with Gasteiger partial charge < -0.3 is 5.32 Å². The summed E-state index contributed by atoms with van der Waals surface area (Å²) in [6.07, 6.45) is 4.22. The molecule has 0 aromatic heterocycles. The Balaban J connectivity index is 0.00000144. The maximum absolute atomic E-state index is 12.0. The third-order valence-corrected chi connectivity index (χ3v) is 5.65. The fourth-order valence-electron chi connectivity index (χ4n) is 2.37. The summed E-state index contributed by atoms with van der Waals surface area (Å²) in [4.78, 5) is 0. The average molecular weight is 283 g/mol. The first-order chi connectivity index (χ1) is 7.62. The summed E-state index contributed by atoms with van der Waals surface area (Å²) in [6.45, 7) is 2.46. The van der Waals surface area contributed by atoms with Crippen molar-refractivity contribution in [3.8, 4) is 0 Å². The van der Waals surface area contributed by atoms with Crippen LogP contribution in [-0.4, -0.2) is 45.2 Å². The highest BCUT2D eigenvalue weighted by molar-refractivity contribution is 7.89. The largest absolute Gasteiger partial charge is 0.319 e. The van der Waals surface area contributed by atoms with Gasteiger partial charge in [-0.15, -0.1) is 12.4 Å². The van der Waals surface area contributed by atoms with Gasteiger partial charge >= 0.3 is 0 Å². The first-order valence-corrected chi connectivity index (χ1v) is 7.85. The highest BCUT2D eigenvalue weighted by atomic mass is 35.5. The van der Waals surface area contributed by atoms with Crippen LogP contribution in [0.15, 0.2) is 0 Å². The molecule has 1 aliphatic heterocycles. The molecule has 0 spiro atoms. The molecule has 1 saturated heterocycles. The third kappa shape index (κ3) is 4.39. The van der Waals surface area contributed by atoms with E-state index in [1.807, 2.05) is 7.05 Å². The lowest BCUT2D eigenvalue weighted by Crippen LogP contribution is -2.41. The first-order valence-electron chi connectivity index (χ1n) is 6.24. The Hall–Kier alpha value is 0.160. The molecule has 0 radical (unpaired) electrons. The van der Waals surface area contributed by atoms with Crippen molar-refractivity contribution in [2.24, 2.45) is 11.8 Å². The molecule has 0 unspecified atom stereocenters. The molecule has 6 heteroatoms. The Morgan fingerprint density at radius 3 is 2.18 bits per heavy atom. The zero-order chi connectivity index (χ0) is 11.6. The normalized spacial score (nSPS) is 23.4. The van der Waals surface area contributed by atoms with Gasteiger partial charge in [-0.25, -0.2) is 12.7 Å². The lowest BCUT2D eigenvalue weighted by molar-refractivity contribution is 0.270. The number of nitrogens with zero attached hydrogens (tertiary/aromatic N) is 1. The van der Waals surface area contributed by atoms with Gasteiger partial charge in [-0.3, -0.25) is 0 Å². The summed E-state index contributed by atoms with van der Waals surface area (Å²) >= 11 is 0. The van der Waals surface area contributed by atoms with E-state index in [9.17, 15) is 8.42 Å². The molecule has 17 heavy (non-hydrogen) atoms. The molecule has 1 aliphatic carbocycles. The number of halogens is 1. The molecule has 2 rings (SSSR count). The van der Waals surface area contributed by atoms with Crippen molar-refractivity contribution in [2.75, 3.05) is 32.4 Å². The van der Waals surface area contributed by atoms with Gasteiger partial charge in [0.15, 0.2) is 0 Å². The number of rotatable bonds is 5. The molecule has 0 amide bonds. The van der Waals surface area contributed by atoms with Gasteiger partial charge in [-0.05, 0) is 51.1 Å². The second-order valence-electron chi connectivity index (χ2n) is 5.12. The van der Waals surface area contributed by atoms with Crippen molar-refractivity contribution in [1.29, 1.82) is 0 Å². The van der Waals surface area contributed by atoms with Crippen LogP contribution in [0.2, 0.25) is 0 Å². The minimum absolute atomic E-state index is 0. The monoisotopic (exact) mass is 282 g/mol. The number of hydrogen-bond acceptors (Lipinski definition) is 3. The maximum Gasteiger partial charge on any atom is 0.214 e. The fourth-order valence-corrected chi connectivity index (χ4v) is 4.28. The Labute approximate surface area is 111 Å². The molecule has 0 aromatic rings. The fraction of sp³-hybridized carbons (Fsp3) is 1.00. The summed E-state index contributed by atoms with van der Waals surface area (Å²) in [5.41, 5.74) is 0. The van der Waals surface area contributed by atoms with Crippen LogP contribution in [0, 0.1) is 11.8 Å². The molecular formula is C11H23ClN2O2S. The van der Waals surface area contributed by atoms with E-state index >= 15 is 0 Å². The van der Waals surface area contributed by atoms with E-state index in [-0.39, 0.29) is 12.4 Å². The van der Waals surface area contributed by atoms with Crippen LogP contribution >= 0.6 is 12.4 Å². The van der Waals surface area contributed by atoms with Crippen molar-refractivity contribution in [2.45, 2.75) is 25.7 Å². The first kappa shape index (κ1) is 15.2. The molecule has 2 fully saturated rings. The maximum atomic E-state index is 12.0. The van der Waals surface area contributed by atoms with Crippen LogP contribution in [0.3, 0.4) is 0 Å². The van der Waals surface area contributed by atoms with E-state index in [0.29, 0.717) is 17.6 Å². The quantitative estimate of drug-likeness (QED) is 0.821. The smallest absolute Gasteiger partial charge is 0.214 e. The average Bonchev–Trinajstić information content (AvgIpc) is 3.02. The summed E-state index contributed by atoms with van der Waals surface area (Å²) < 4.78 is 25.7. The van der Waals surface area contributed by atoms with E-state index in [0.717, 1.165) is 45.3 Å². The van der Waals surface area contributed by atoms with Crippen molar-refractivity contribution in [3.63, 3.8) is 0 Å². The van der Waals surface area contributed by atoms with Gasteiger partial charge in [0.2, 0.25) is 10.0 Å². The van der Waals surface area contributed by atoms with Gasteiger partial charge in [0, 0.05) is 13.1 Å². The number of piperidine rings is 1. The molecule has 1 heterocycles. The summed E-state index contributed by atoms with van der Waals surface area (Å²) in [5, 5.41) is 3.17. The zero-order valence-corrected chi connectivity index (χ0v) is 12.0. The predicted molar refractivity (Wildman–Crippen MR) is 72.0 cm³/mol. The van der Waals surface area contributed by atoms with Gasteiger partial charge in [0.1, 0.15) is 0 Å². The van der Waals surface area contributed by atoms with Crippen molar-refractivity contribution in [3.05, 3.63) is 0 Å². The topological polar surface area (TPSA) is 49.4 Å². The minimum atomic E-state index is -2.95. The van der Waals surface area contributed by atoms with Crippen molar-refractivity contribution < 1.29 is 8.42 Å². The van der Waals surface area contributed by atoms with Crippen LogP contribution in [0.1, 0.15) is 25.7 Å². The molecule has 0 atom stereocenters.